The van der Waals surface area contributed by atoms with Gasteiger partial charge in [0.25, 0.3) is 0 Å². The van der Waals surface area contributed by atoms with E-state index < -0.39 is 33.5 Å². The number of amides is 1. The van der Waals surface area contributed by atoms with Crippen molar-refractivity contribution in [3.05, 3.63) is 54.1 Å². The summed E-state index contributed by atoms with van der Waals surface area (Å²) < 4.78 is 68.8. The molecule has 7 nitrogen and oxygen atoms in total. The van der Waals surface area contributed by atoms with Crippen molar-refractivity contribution in [1.29, 1.82) is 0 Å². The number of nitrogens with one attached hydrogen (secondary N) is 1. The molecule has 0 bridgehead atoms. The largest absolute Gasteiger partial charge is 0.497 e. The maximum Gasteiger partial charge on any atom is 0.418 e. The van der Waals surface area contributed by atoms with E-state index in [9.17, 15) is 26.4 Å². The maximum absolute atomic E-state index is 13.3. The fraction of sp³-hybridized carbons (Fsp3) is 0.333. The monoisotopic (exact) mass is 499 g/mol. The Balaban J connectivity index is 1.59. The lowest BCUT2D eigenvalue weighted by atomic mass is 10.1. The lowest BCUT2D eigenvalue weighted by Crippen LogP contribution is -2.37. The highest BCUT2D eigenvalue weighted by Crippen LogP contribution is 2.37. The number of benzene rings is 2. The van der Waals surface area contributed by atoms with Crippen molar-refractivity contribution in [3.8, 4) is 5.75 Å². The molecule has 4 rings (SSSR count). The van der Waals surface area contributed by atoms with Crippen molar-refractivity contribution in [2.75, 3.05) is 35.4 Å². The Bertz CT molecular complexity index is 1180. The number of carbonyl (C=O) groups is 1. The minimum Gasteiger partial charge on any atom is -0.497 e. The van der Waals surface area contributed by atoms with Gasteiger partial charge >= 0.3 is 6.18 Å². The van der Waals surface area contributed by atoms with Gasteiger partial charge in [0, 0.05) is 10.9 Å². The van der Waals surface area contributed by atoms with Gasteiger partial charge in [-0.05, 0) is 36.4 Å². The zero-order valence-electron chi connectivity index (χ0n) is 17.4. The van der Waals surface area contributed by atoms with Gasteiger partial charge in [-0.15, -0.1) is 0 Å². The molecule has 0 spiro atoms. The molecule has 12 heteroatoms. The van der Waals surface area contributed by atoms with E-state index in [4.69, 9.17) is 4.74 Å². The topological polar surface area (TPSA) is 88.1 Å². The van der Waals surface area contributed by atoms with E-state index in [1.54, 1.807) is 29.2 Å². The number of aliphatic imine (C=N–C) groups is 1. The summed E-state index contributed by atoms with van der Waals surface area (Å²) in [4.78, 5) is 18.9. The van der Waals surface area contributed by atoms with Crippen LogP contribution in [0, 0.1) is 0 Å². The Morgan fingerprint density at radius 2 is 1.88 bits per heavy atom. The first-order valence-corrected chi connectivity index (χ1v) is 12.6. The second kappa shape index (κ2) is 8.90. The Morgan fingerprint density at radius 3 is 2.52 bits per heavy atom. The Hall–Kier alpha value is -2.73. The molecule has 0 aromatic heterocycles. The van der Waals surface area contributed by atoms with E-state index in [0.29, 0.717) is 16.6 Å². The fourth-order valence-electron chi connectivity index (χ4n) is 3.68. The number of hydrogen-bond acceptors (Lipinski definition) is 7. The molecule has 0 aliphatic carbocycles. The third-order valence-corrected chi connectivity index (χ3v) is 8.48. The molecule has 2 heterocycles. The number of carbonyl (C=O) groups excluding carboxylic acids is 1. The number of methoxy groups -OCH3 is 1. The molecule has 33 heavy (non-hydrogen) atoms. The van der Waals surface area contributed by atoms with Gasteiger partial charge in [0.15, 0.2) is 15.0 Å². The van der Waals surface area contributed by atoms with Crippen LogP contribution in [0.25, 0.3) is 0 Å². The molecule has 1 N–H and O–H groups in total. The van der Waals surface area contributed by atoms with Gasteiger partial charge in [-0.1, -0.05) is 23.9 Å². The van der Waals surface area contributed by atoms with Crippen molar-refractivity contribution < 1.29 is 31.1 Å². The summed E-state index contributed by atoms with van der Waals surface area (Å²) in [5.74, 6) is -0.145. The van der Waals surface area contributed by atoms with Crippen LogP contribution in [0.2, 0.25) is 0 Å². The molecule has 1 fully saturated rings. The van der Waals surface area contributed by atoms with E-state index in [1.807, 2.05) is 0 Å². The fourth-order valence-corrected chi connectivity index (χ4v) is 7.46. The molecule has 2 aromatic rings. The number of fused-ring (bicyclic) bond motifs is 1. The Labute approximate surface area is 192 Å². The van der Waals surface area contributed by atoms with Gasteiger partial charge in [0.05, 0.1) is 35.9 Å². The first kappa shape index (κ1) is 23.4. The first-order chi connectivity index (χ1) is 15.6. The highest BCUT2D eigenvalue weighted by atomic mass is 32.2. The lowest BCUT2D eigenvalue weighted by molar-refractivity contribution is -0.137. The van der Waals surface area contributed by atoms with Crippen molar-refractivity contribution >= 4 is 44.0 Å². The molecule has 176 valence electrons. The molecule has 0 radical (unpaired) electrons. The number of halogens is 3. The third-order valence-electron chi connectivity index (χ3n) is 5.23. The van der Waals surface area contributed by atoms with Crippen molar-refractivity contribution in [2.24, 2.45) is 4.99 Å². The van der Waals surface area contributed by atoms with Crippen LogP contribution >= 0.6 is 11.8 Å². The number of thioether (sulfide) groups is 1. The molecule has 2 aliphatic heterocycles. The van der Waals surface area contributed by atoms with Crippen LogP contribution in [0.1, 0.15) is 5.56 Å². The van der Waals surface area contributed by atoms with E-state index >= 15 is 0 Å². The van der Waals surface area contributed by atoms with E-state index in [1.165, 1.54) is 37.1 Å². The van der Waals surface area contributed by atoms with Crippen LogP contribution in [-0.2, 0) is 20.8 Å². The second-order valence-electron chi connectivity index (χ2n) is 7.59. The number of nitrogens with zero attached hydrogens (tertiary/aromatic N) is 2. The summed E-state index contributed by atoms with van der Waals surface area (Å²) >= 11 is 1.26. The van der Waals surface area contributed by atoms with Crippen LogP contribution in [-0.4, -0.2) is 55.9 Å². The summed E-state index contributed by atoms with van der Waals surface area (Å²) in [7, 11) is -1.65. The highest BCUT2D eigenvalue weighted by molar-refractivity contribution is 8.15. The number of sulfone groups is 1. The van der Waals surface area contributed by atoms with Crippen LogP contribution in [0.5, 0.6) is 5.75 Å². The minimum atomic E-state index is -4.62. The van der Waals surface area contributed by atoms with Crippen LogP contribution in [0.15, 0.2) is 53.5 Å². The minimum absolute atomic E-state index is 0.00304. The first-order valence-electron chi connectivity index (χ1n) is 9.88. The summed E-state index contributed by atoms with van der Waals surface area (Å²) in [5.41, 5.74) is -0.709. The third kappa shape index (κ3) is 5.27. The quantitative estimate of drug-likeness (QED) is 0.678. The van der Waals surface area contributed by atoms with Crippen LogP contribution < -0.4 is 15.0 Å². The molecular formula is C21H20F3N3O4S2. The smallest absolute Gasteiger partial charge is 0.418 e. The van der Waals surface area contributed by atoms with E-state index in [0.717, 1.165) is 6.07 Å². The summed E-state index contributed by atoms with van der Waals surface area (Å²) in [5, 5.41) is 2.54. The Morgan fingerprint density at radius 1 is 1.18 bits per heavy atom. The van der Waals surface area contributed by atoms with Gasteiger partial charge in [-0.3, -0.25) is 9.79 Å². The lowest BCUT2D eigenvalue weighted by Gasteiger charge is -2.24. The van der Waals surface area contributed by atoms with E-state index in [-0.39, 0.29) is 29.0 Å². The van der Waals surface area contributed by atoms with Crippen molar-refractivity contribution in [3.63, 3.8) is 0 Å². The maximum atomic E-state index is 13.3. The predicted octanol–water partition coefficient (Wildman–Crippen LogP) is 3.43. The van der Waals surface area contributed by atoms with Gasteiger partial charge in [0.2, 0.25) is 5.91 Å². The normalized spacial score (nSPS) is 21.3. The zero-order chi connectivity index (χ0) is 23.8. The predicted molar refractivity (Wildman–Crippen MR) is 122 cm³/mol. The number of hydrogen-bond donors (Lipinski definition) is 1. The highest BCUT2D eigenvalue weighted by Gasteiger charge is 2.44. The SMILES string of the molecule is COc1ccc(N(CC(=O)Nc2ccccc2C(F)(F)F)C2=N[C@@H]3CS(=O)(=O)C[C@@H]3S2)cc1. The van der Waals surface area contributed by atoms with Crippen molar-refractivity contribution in [2.45, 2.75) is 17.5 Å². The molecule has 2 aromatic carbocycles. The van der Waals surface area contributed by atoms with Crippen molar-refractivity contribution in [1.82, 2.24) is 0 Å². The molecule has 0 saturated carbocycles. The molecule has 2 atom stereocenters. The number of ether oxygens (including phenoxy) is 1. The number of rotatable bonds is 5. The number of amidine groups is 1. The van der Waals surface area contributed by atoms with Gasteiger partial charge in [0.1, 0.15) is 12.3 Å². The molecular weight excluding hydrogens is 479 g/mol. The van der Waals surface area contributed by atoms with Gasteiger partial charge < -0.3 is 15.0 Å². The molecule has 1 amide bonds. The Kier molecular flexibility index (Phi) is 6.32. The summed E-state index contributed by atoms with van der Waals surface area (Å²) in [6.07, 6.45) is -4.62. The molecule has 2 aliphatic rings. The number of alkyl halides is 3. The van der Waals surface area contributed by atoms with Crippen LogP contribution in [0.4, 0.5) is 24.5 Å². The van der Waals surface area contributed by atoms with Gasteiger partial charge in [-0.25, -0.2) is 8.42 Å². The average Bonchev–Trinajstić information content (AvgIpc) is 3.25. The van der Waals surface area contributed by atoms with Gasteiger partial charge in [-0.2, -0.15) is 13.2 Å². The molecule has 1 saturated heterocycles. The summed E-state index contributed by atoms with van der Waals surface area (Å²) in [6.45, 7) is -0.309. The second-order valence-corrected chi connectivity index (χ2v) is 10.9. The number of para-hydroxylation sites is 1. The van der Waals surface area contributed by atoms with E-state index in [2.05, 4.69) is 10.3 Å². The summed E-state index contributed by atoms with van der Waals surface area (Å²) in [6, 6.07) is 11.1. The number of anilines is 2. The standard InChI is InChI=1S/C21H20F3N3O4S2/c1-31-14-8-6-13(7-9-14)27(20-26-17-11-33(29,30)12-18(17)32-20)10-19(28)25-16-5-3-2-4-15(16)21(22,23)24/h2-9,17-18H,10-12H2,1H3,(H,25,28)/t17-,18+/m1/s1. The average molecular weight is 500 g/mol. The van der Waals surface area contributed by atoms with Crippen LogP contribution in [0.3, 0.4) is 0 Å². The zero-order valence-corrected chi connectivity index (χ0v) is 19.0. The molecule has 0 unspecified atom stereocenters.